The number of halogens is 2. The van der Waals surface area contributed by atoms with E-state index in [9.17, 15) is 18.8 Å². The van der Waals surface area contributed by atoms with Crippen molar-refractivity contribution in [1.82, 2.24) is 0 Å². The number of nitrogens with two attached hydrogens (primary N) is 1. The van der Waals surface area contributed by atoms with Crippen molar-refractivity contribution in [2.75, 3.05) is 24.4 Å². The lowest BCUT2D eigenvalue weighted by atomic mass is 10.1. The van der Waals surface area contributed by atoms with E-state index in [1.165, 1.54) is 38.3 Å². The third kappa shape index (κ3) is 5.34. The fourth-order valence-corrected chi connectivity index (χ4v) is 2.50. The Hall–Kier alpha value is -3.33. The topological polar surface area (TPSA) is 120 Å². The second-order valence-electron chi connectivity index (χ2n) is 5.57. The second-order valence-corrected chi connectivity index (χ2v) is 5.98. The highest BCUT2D eigenvalue weighted by atomic mass is 35.5. The van der Waals surface area contributed by atoms with E-state index < -0.39 is 24.2 Å². The Kier molecular flexibility index (Phi) is 6.78. The molecule has 0 radical (unpaired) electrons. The Morgan fingerprint density at radius 3 is 2.50 bits per heavy atom. The number of primary amides is 1. The highest BCUT2D eigenvalue weighted by Gasteiger charge is 2.18. The Balaban J connectivity index is 2.28. The van der Waals surface area contributed by atoms with Crippen LogP contribution in [0.4, 0.5) is 15.8 Å². The summed E-state index contributed by atoms with van der Waals surface area (Å²) in [5, 5.41) is 4.88. The number of ether oxygens (including phenoxy) is 2. The smallest absolute Gasteiger partial charge is 0.255 e. The van der Waals surface area contributed by atoms with Gasteiger partial charge in [0.05, 0.1) is 17.8 Å². The molecule has 28 heavy (non-hydrogen) atoms. The number of hydrogen-bond acceptors (Lipinski definition) is 5. The molecule has 3 amide bonds. The third-order valence-corrected chi connectivity index (χ3v) is 3.67. The quantitative estimate of drug-likeness (QED) is 0.649. The maximum absolute atomic E-state index is 14.0. The van der Waals surface area contributed by atoms with E-state index >= 15 is 0 Å². The molecule has 2 aromatic rings. The first-order valence-corrected chi connectivity index (χ1v) is 8.26. The standard InChI is InChI=1S/C18H17ClFN3O5/c1-9(24)22-11-3-4-13(20)14(7-11)23-18(26)10-5-12(19)17(15(6-10)27-2)28-8-16(21)25/h3-7H,8H2,1-2H3,(H2,21,25)(H,22,24)(H,23,26). The molecule has 10 heteroatoms. The van der Waals surface area contributed by atoms with Crippen LogP contribution in [0.5, 0.6) is 11.5 Å². The van der Waals surface area contributed by atoms with E-state index in [1.807, 2.05) is 0 Å². The molecule has 0 aliphatic heterocycles. The summed E-state index contributed by atoms with van der Waals surface area (Å²) in [5.74, 6) is -2.30. The van der Waals surface area contributed by atoms with E-state index in [-0.39, 0.29) is 33.7 Å². The Morgan fingerprint density at radius 1 is 1.18 bits per heavy atom. The SMILES string of the molecule is COc1cc(C(=O)Nc2cc(NC(C)=O)ccc2F)cc(Cl)c1OCC(N)=O. The maximum Gasteiger partial charge on any atom is 0.255 e. The van der Waals surface area contributed by atoms with Gasteiger partial charge < -0.3 is 25.8 Å². The number of anilines is 2. The number of hydrogen-bond donors (Lipinski definition) is 3. The van der Waals surface area contributed by atoms with Gasteiger partial charge in [0.2, 0.25) is 5.91 Å². The highest BCUT2D eigenvalue weighted by Crippen LogP contribution is 2.36. The van der Waals surface area contributed by atoms with Crippen LogP contribution < -0.4 is 25.8 Å². The van der Waals surface area contributed by atoms with Crippen LogP contribution in [-0.2, 0) is 9.59 Å². The van der Waals surface area contributed by atoms with Gasteiger partial charge in [0.25, 0.3) is 11.8 Å². The van der Waals surface area contributed by atoms with Gasteiger partial charge in [-0.05, 0) is 30.3 Å². The van der Waals surface area contributed by atoms with Crippen LogP contribution in [0.15, 0.2) is 30.3 Å². The van der Waals surface area contributed by atoms with Crippen LogP contribution in [0.25, 0.3) is 0 Å². The number of amides is 3. The van der Waals surface area contributed by atoms with E-state index in [2.05, 4.69) is 10.6 Å². The Bertz CT molecular complexity index is 936. The van der Waals surface area contributed by atoms with Crippen LogP contribution in [0.3, 0.4) is 0 Å². The first-order valence-electron chi connectivity index (χ1n) is 7.88. The van der Waals surface area contributed by atoms with Gasteiger partial charge >= 0.3 is 0 Å². The molecule has 0 unspecified atom stereocenters. The van der Waals surface area contributed by atoms with Gasteiger partial charge in [-0.15, -0.1) is 0 Å². The Morgan fingerprint density at radius 2 is 1.89 bits per heavy atom. The summed E-state index contributed by atoms with van der Waals surface area (Å²) in [6.45, 7) is 0.876. The summed E-state index contributed by atoms with van der Waals surface area (Å²) in [7, 11) is 1.32. The molecular weight excluding hydrogens is 393 g/mol. The molecule has 0 heterocycles. The zero-order valence-corrected chi connectivity index (χ0v) is 15.7. The molecule has 4 N–H and O–H groups in total. The number of rotatable bonds is 7. The molecule has 0 spiro atoms. The van der Waals surface area contributed by atoms with Crippen molar-refractivity contribution in [3.05, 3.63) is 46.7 Å². The van der Waals surface area contributed by atoms with Gasteiger partial charge in [0, 0.05) is 18.2 Å². The summed E-state index contributed by atoms with van der Waals surface area (Å²) in [4.78, 5) is 34.5. The van der Waals surface area contributed by atoms with Crippen LogP contribution in [0.1, 0.15) is 17.3 Å². The molecule has 0 bridgehead atoms. The van der Waals surface area contributed by atoms with Gasteiger partial charge in [-0.2, -0.15) is 0 Å². The minimum atomic E-state index is -0.713. The third-order valence-electron chi connectivity index (χ3n) is 3.39. The first kappa shape index (κ1) is 21.0. The van der Waals surface area contributed by atoms with Crippen molar-refractivity contribution in [3.8, 4) is 11.5 Å². The molecule has 0 aliphatic carbocycles. The molecule has 0 fully saturated rings. The number of methoxy groups -OCH3 is 1. The minimum Gasteiger partial charge on any atom is -0.493 e. The lowest BCUT2D eigenvalue weighted by molar-refractivity contribution is -0.120. The van der Waals surface area contributed by atoms with Crippen LogP contribution in [0, 0.1) is 5.82 Å². The molecule has 2 aromatic carbocycles. The molecule has 2 rings (SSSR count). The van der Waals surface area contributed by atoms with Crippen LogP contribution >= 0.6 is 11.6 Å². The zero-order valence-electron chi connectivity index (χ0n) is 15.0. The molecule has 0 saturated heterocycles. The van der Waals surface area contributed by atoms with Gasteiger partial charge in [-0.1, -0.05) is 11.6 Å². The largest absolute Gasteiger partial charge is 0.493 e. The summed E-state index contributed by atoms with van der Waals surface area (Å²) >= 11 is 6.10. The van der Waals surface area contributed by atoms with Crippen molar-refractivity contribution in [2.45, 2.75) is 6.92 Å². The molecular formula is C18H17ClFN3O5. The Labute approximate surface area is 164 Å². The summed E-state index contributed by atoms with van der Waals surface area (Å²) < 4.78 is 24.3. The van der Waals surface area contributed by atoms with E-state index in [1.54, 1.807) is 0 Å². The summed E-state index contributed by atoms with van der Waals surface area (Å²) in [6.07, 6.45) is 0. The highest BCUT2D eigenvalue weighted by molar-refractivity contribution is 6.32. The molecule has 0 aromatic heterocycles. The number of carbonyl (C=O) groups is 3. The predicted octanol–water partition coefficient (Wildman–Crippen LogP) is 2.56. The lowest BCUT2D eigenvalue weighted by Crippen LogP contribution is -2.20. The molecule has 0 atom stereocenters. The zero-order chi connectivity index (χ0) is 20.8. The normalized spacial score (nSPS) is 10.1. The van der Waals surface area contributed by atoms with E-state index in [4.69, 9.17) is 26.8 Å². The predicted molar refractivity (Wildman–Crippen MR) is 101 cm³/mol. The fraction of sp³-hybridized carbons (Fsp3) is 0.167. The summed E-state index contributed by atoms with van der Waals surface area (Å²) in [6, 6.07) is 6.32. The van der Waals surface area contributed by atoms with Crippen molar-refractivity contribution < 1.29 is 28.2 Å². The van der Waals surface area contributed by atoms with Crippen LogP contribution in [-0.4, -0.2) is 31.4 Å². The summed E-state index contributed by atoms with van der Waals surface area (Å²) in [5.41, 5.74) is 5.26. The van der Waals surface area contributed by atoms with Crippen molar-refractivity contribution in [2.24, 2.45) is 5.73 Å². The van der Waals surface area contributed by atoms with Crippen LogP contribution in [0.2, 0.25) is 5.02 Å². The first-order chi connectivity index (χ1) is 13.2. The van der Waals surface area contributed by atoms with Gasteiger partial charge in [-0.3, -0.25) is 14.4 Å². The molecule has 8 nitrogen and oxygen atoms in total. The number of benzene rings is 2. The van der Waals surface area contributed by atoms with Crippen molar-refractivity contribution in [3.63, 3.8) is 0 Å². The number of carbonyl (C=O) groups excluding carboxylic acids is 3. The average molecular weight is 410 g/mol. The van der Waals surface area contributed by atoms with E-state index in [0.29, 0.717) is 5.69 Å². The van der Waals surface area contributed by atoms with Crippen molar-refractivity contribution in [1.29, 1.82) is 0 Å². The van der Waals surface area contributed by atoms with Gasteiger partial charge in [0.15, 0.2) is 18.1 Å². The second kappa shape index (κ2) is 9.05. The average Bonchev–Trinajstić information content (AvgIpc) is 2.62. The minimum absolute atomic E-state index is 0.00165. The molecule has 148 valence electrons. The molecule has 0 aliphatic rings. The molecule has 0 saturated carbocycles. The van der Waals surface area contributed by atoms with Crippen molar-refractivity contribution >= 4 is 40.7 Å². The van der Waals surface area contributed by atoms with Gasteiger partial charge in [-0.25, -0.2) is 4.39 Å². The maximum atomic E-state index is 14.0. The fourth-order valence-electron chi connectivity index (χ4n) is 2.23. The van der Waals surface area contributed by atoms with E-state index in [0.717, 1.165) is 6.07 Å². The number of nitrogens with one attached hydrogen (secondary N) is 2. The van der Waals surface area contributed by atoms with Gasteiger partial charge in [0.1, 0.15) is 5.82 Å². The monoisotopic (exact) mass is 409 g/mol. The lowest BCUT2D eigenvalue weighted by Gasteiger charge is -2.14.